The molecule has 4 rings (SSSR count). The monoisotopic (exact) mass is 340 g/mol. The van der Waals surface area contributed by atoms with Crippen molar-refractivity contribution in [1.29, 1.82) is 0 Å². The molecule has 0 aliphatic rings. The minimum atomic E-state index is 0.800. The Balaban J connectivity index is 1.79. The number of hydrogen-bond acceptors (Lipinski definition) is 5. The lowest BCUT2D eigenvalue weighted by molar-refractivity contribution is 0.793. The number of nitrogens with zero attached hydrogens (tertiary/aromatic N) is 4. The quantitative estimate of drug-likeness (QED) is 0.513. The van der Waals surface area contributed by atoms with Crippen molar-refractivity contribution >= 4 is 38.8 Å². The maximum absolute atomic E-state index is 4.46. The number of fused-ring (bicyclic) bond motifs is 3. The molecule has 0 saturated heterocycles. The average Bonchev–Trinajstić information content (AvgIpc) is 3.10. The van der Waals surface area contributed by atoms with Crippen LogP contribution in [0, 0.1) is 6.92 Å². The molecular formula is C17H16N4S2. The first kappa shape index (κ1) is 14.7. The van der Waals surface area contributed by atoms with Crippen molar-refractivity contribution in [3.63, 3.8) is 0 Å². The maximum Gasteiger partial charge on any atom is 0.143 e. The van der Waals surface area contributed by atoms with Gasteiger partial charge in [-0.25, -0.2) is 0 Å². The molecule has 0 amide bonds. The summed E-state index contributed by atoms with van der Waals surface area (Å²) < 4.78 is 3.55. The van der Waals surface area contributed by atoms with Gasteiger partial charge < -0.3 is 0 Å². The van der Waals surface area contributed by atoms with Crippen molar-refractivity contribution in [1.82, 2.24) is 19.6 Å². The van der Waals surface area contributed by atoms with Gasteiger partial charge in [0.1, 0.15) is 10.9 Å². The van der Waals surface area contributed by atoms with E-state index >= 15 is 0 Å². The number of aryl methyl sites for hydroxylation is 2. The SMILES string of the molecule is CCc1nnc(SCc2ccccn2)c2cc3sc(C)cc3n12. The summed E-state index contributed by atoms with van der Waals surface area (Å²) >= 11 is 3.51. The minimum Gasteiger partial charge on any atom is -0.293 e. The van der Waals surface area contributed by atoms with Gasteiger partial charge in [0.15, 0.2) is 0 Å². The first-order chi connectivity index (χ1) is 11.3. The van der Waals surface area contributed by atoms with E-state index in [4.69, 9.17) is 0 Å². The fraction of sp³-hybridized carbons (Fsp3) is 0.235. The van der Waals surface area contributed by atoms with Gasteiger partial charge in [-0.2, -0.15) is 0 Å². The minimum absolute atomic E-state index is 0.800. The van der Waals surface area contributed by atoms with E-state index in [1.807, 2.05) is 35.7 Å². The van der Waals surface area contributed by atoms with Crippen LogP contribution < -0.4 is 0 Å². The van der Waals surface area contributed by atoms with E-state index in [1.54, 1.807) is 11.8 Å². The molecular weight excluding hydrogens is 324 g/mol. The molecule has 0 fully saturated rings. The predicted molar refractivity (Wildman–Crippen MR) is 96.3 cm³/mol. The zero-order chi connectivity index (χ0) is 15.8. The van der Waals surface area contributed by atoms with Gasteiger partial charge in [-0.3, -0.25) is 9.38 Å². The normalized spacial score (nSPS) is 11.6. The van der Waals surface area contributed by atoms with E-state index < -0.39 is 0 Å². The Morgan fingerprint density at radius 3 is 2.87 bits per heavy atom. The van der Waals surface area contributed by atoms with Gasteiger partial charge in [-0.15, -0.1) is 21.5 Å². The average molecular weight is 340 g/mol. The number of thioether (sulfide) groups is 1. The van der Waals surface area contributed by atoms with Crippen molar-refractivity contribution < 1.29 is 0 Å². The summed E-state index contributed by atoms with van der Waals surface area (Å²) in [6.45, 7) is 4.27. The topological polar surface area (TPSA) is 43.1 Å². The van der Waals surface area contributed by atoms with Crippen LogP contribution in [0.1, 0.15) is 23.3 Å². The maximum atomic E-state index is 4.46. The molecule has 4 aromatic rings. The summed E-state index contributed by atoms with van der Waals surface area (Å²) in [5.74, 6) is 1.81. The molecule has 0 unspecified atom stereocenters. The van der Waals surface area contributed by atoms with E-state index in [1.165, 1.54) is 15.1 Å². The Bertz CT molecular complexity index is 973. The highest BCUT2D eigenvalue weighted by Crippen LogP contribution is 2.33. The first-order valence-corrected chi connectivity index (χ1v) is 9.36. The molecule has 0 aromatic carbocycles. The van der Waals surface area contributed by atoms with Crippen LogP contribution >= 0.6 is 23.1 Å². The van der Waals surface area contributed by atoms with E-state index in [-0.39, 0.29) is 0 Å². The molecule has 0 radical (unpaired) electrons. The molecule has 0 aliphatic heterocycles. The molecule has 0 saturated carbocycles. The van der Waals surface area contributed by atoms with E-state index in [2.05, 4.69) is 45.6 Å². The van der Waals surface area contributed by atoms with E-state index in [9.17, 15) is 0 Å². The van der Waals surface area contributed by atoms with Crippen molar-refractivity contribution in [3.05, 3.63) is 52.9 Å². The fourth-order valence-electron chi connectivity index (χ4n) is 2.71. The Labute approximate surface area is 142 Å². The van der Waals surface area contributed by atoms with E-state index in [0.29, 0.717) is 0 Å². The van der Waals surface area contributed by atoms with Crippen molar-refractivity contribution in [2.24, 2.45) is 0 Å². The summed E-state index contributed by atoms with van der Waals surface area (Å²) in [6.07, 6.45) is 2.70. The van der Waals surface area contributed by atoms with E-state index in [0.717, 1.165) is 34.2 Å². The second kappa shape index (κ2) is 5.94. The Morgan fingerprint density at radius 1 is 1.17 bits per heavy atom. The molecule has 0 N–H and O–H groups in total. The van der Waals surface area contributed by atoms with Gasteiger partial charge in [0.25, 0.3) is 0 Å². The van der Waals surface area contributed by atoms with Crippen molar-refractivity contribution in [2.75, 3.05) is 0 Å². The van der Waals surface area contributed by atoms with Gasteiger partial charge in [-0.1, -0.05) is 24.8 Å². The summed E-state index contributed by atoms with van der Waals surface area (Å²) in [5.41, 5.74) is 3.45. The second-order valence-electron chi connectivity index (χ2n) is 5.36. The molecule has 23 heavy (non-hydrogen) atoms. The molecule has 4 heterocycles. The van der Waals surface area contributed by atoms with Gasteiger partial charge in [-0.05, 0) is 31.2 Å². The van der Waals surface area contributed by atoms with Gasteiger partial charge in [0, 0.05) is 23.2 Å². The number of rotatable bonds is 4. The predicted octanol–water partition coefficient (Wildman–Crippen LogP) is 4.50. The molecule has 6 heteroatoms. The Hall–Kier alpha value is -1.92. The number of aromatic nitrogens is 4. The van der Waals surface area contributed by atoms with Crippen LogP contribution in [0.3, 0.4) is 0 Å². The highest BCUT2D eigenvalue weighted by molar-refractivity contribution is 7.98. The highest BCUT2D eigenvalue weighted by Gasteiger charge is 2.14. The molecule has 0 bridgehead atoms. The zero-order valence-electron chi connectivity index (χ0n) is 13.0. The zero-order valence-corrected chi connectivity index (χ0v) is 14.6. The molecule has 0 spiro atoms. The molecule has 0 aliphatic carbocycles. The fourth-order valence-corrected chi connectivity index (χ4v) is 4.50. The highest BCUT2D eigenvalue weighted by atomic mass is 32.2. The largest absolute Gasteiger partial charge is 0.293 e. The third-order valence-electron chi connectivity index (χ3n) is 3.75. The third-order valence-corrected chi connectivity index (χ3v) is 5.74. The Morgan fingerprint density at radius 2 is 2.09 bits per heavy atom. The summed E-state index contributed by atoms with van der Waals surface area (Å²) in [4.78, 5) is 5.70. The standard InChI is InChI=1S/C17H16N4S2/c1-3-16-19-20-17(22-10-12-6-4-5-7-18-12)14-9-15-13(21(14)16)8-11(2)23-15/h4-9H,3,10H2,1-2H3. The summed E-state index contributed by atoms with van der Waals surface area (Å²) in [5, 5.41) is 9.87. The first-order valence-electron chi connectivity index (χ1n) is 7.56. The molecule has 4 nitrogen and oxygen atoms in total. The third kappa shape index (κ3) is 2.62. The molecule has 116 valence electrons. The lowest BCUT2D eigenvalue weighted by Crippen LogP contribution is -2.03. The van der Waals surface area contributed by atoms with Crippen LogP contribution in [-0.2, 0) is 12.2 Å². The van der Waals surface area contributed by atoms with Gasteiger partial charge in [0.05, 0.1) is 21.4 Å². The van der Waals surface area contributed by atoms with Crippen LogP contribution in [0.5, 0.6) is 0 Å². The van der Waals surface area contributed by atoms with Crippen LogP contribution in [0.2, 0.25) is 0 Å². The van der Waals surface area contributed by atoms with Crippen LogP contribution in [0.15, 0.2) is 41.6 Å². The van der Waals surface area contributed by atoms with Crippen LogP contribution in [-0.4, -0.2) is 19.6 Å². The van der Waals surface area contributed by atoms with Crippen LogP contribution in [0.4, 0.5) is 0 Å². The van der Waals surface area contributed by atoms with Gasteiger partial charge >= 0.3 is 0 Å². The smallest absolute Gasteiger partial charge is 0.143 e. The van der Waals surface area contributed by atoms with Gasteiger partial charge in [0.2, 0.25) is 0 Å². The van der Waals surface area contributed by atoms with Crippen LogP contribution in [0.25, 0.3) is 15.7 Å². The summed E-state index contributed by atoms with van der Waals surface area (Å²) in [6, 6.07) is 10.5. The molecule has 0 atom stereocenters. The van der Waals surface area contributed by atoms with Crippen molar-refractivity contribution in [3.8, 4) is 0 Å². The van der Waals surface area contributed by atoms with Crippen molar-refractivity contribution in [2.45, 2.75) is 31.0 Å². The summed E-state index contributed by atoms with van der Waals surface area (Å²) in [7, 11) is 0. The Kier molecular flexibility index (Phi) is 3.79. The number of pyridine rings is 1. The lowest BCUT2D eigenvalue weighted by Gasteiger charge is -2.07. The number of hydrogen-bond donors (Lipinski definition) is 0. The second-order valence-corrected chi connectivity index (χ2v) is 7.61. The number of thiophene rings is 1. The molecule has 4 aromatic heterocycles. The lowest BCUT2D eigenvalue weighted by atomic mass is 10.4.